The van der Waals surface area contributed by atoms with E-state index in [-0.39, 0.29) is 5.75 Å². The Hall–Kier alpha value is -1.40. The van der Waals surface area contributed by atoms with Crippen molar-refractivity contribution in [2.75, 3.05) is 13.7 Å². The van der Waals surface area contributed by atoms with Gasteiger partial charge in [0.05, 0.1) is 13.7 Å². The standard InChI is InChI=1S/C11H15NO4S/c1-4-16-9(2)11-7-10(5-6-12-11)8-17(13,14)15-3/h5-7H,2,4,8H2,1,3H3. The highest BCUT2D eigenvalue weighted by Crippen LogP contribution is 2.14. The summed E-state index contributed by atoms with van der Waals surface area (Å²) >= 11 is 0. The summed E-state index contributed by atoms with van der Waals surface area (Å²) in [7, 11) is -2.39. The van der Waals surface area contributed by atoms with Crippen molar-refractivity contribution in [1.82, 2.24) is 4.98 Å². The molecule has 0 aliphatic rings. The van der Waals surface area contributed by atoms with Gasteiger partial charge in [0.2, 0.25) is 0 Å². The summed E-state index contributed by atoms with van der Waals surface area (Å²) in [6.45, 7) is 6.03. The fourth-order valence-electron chi connectivity index (χ4n) is 1.23. The van der Waals surface area contributed by atoms with Gasteiger partial charge in [0.1, 0.15) is 17.2 Å². The van der Waals surface area contributed by atoms with Crippen molar-refractivity contribution in [3.63, 3.8) is 0 Å². The molecule has 6 heteroatoms. The zero-order valence-corrected chi connectivity index (χ0v) is 10.7. The highest BCUT2D eigenvalue weighted by Gasteiger charge is 2.11. The van der Waals surface area contributed by atoms with E-state index in [1.54, 1.807) is 12.1 Å². The molecule has 0 spiro atoms. The maximum Gasteiger partial charge on any atom is 0.271 e. The van der Waals surface area contributed by atoms with E-state index < -0.39 is 10.1 Å². The molecule has 0 aliphatic heterocycles. The largest absolute Gasteiger partial charge is 0.492 e. The van der Waals surface area contributed by atoms with Crippen LogP contribution in [0.1, 0.15) is 18.2 Å². The second kappa shape index (κ2) is 5.79. The summed E-state index contributed by atoms with van der Waals surface area (Å²) in [5, 5.41) is 0. The molecule has 0 saturated carbocycles. The lowest BCUT2D eigenvalue weighted by atomic mass is 10.2. The minimum atomic E-state index is -3.53. The van der Waals surface area contributed by atoms with Gasteiger partial charge in [-0.15, -0.1) is 0 Å². The van der Waals surface area contributed by atoms with Crippen LogP contribution in [0.4, 0.5) is 0 Å². The van der Waals surface area contributed by atoms with E-state index >= 15 is 0 Å². The molecule has 0 N–H and O–H groups in total. The van der Waals surface area contributed by atoms with Gasteiger partial charge in [0, 0.05) is 6.20 Å². The van der Waals surface area contributed by atoms with E-state index in [9.17, 15) is 8.42 Å². The van der Waals surface area contributed by atoms with Gasteiger partial charge >= 0.3 is 0 Å². The molecule has 1 aromatic heterocycles. The van der Waals surface area contributed by atoms with E-state index in [1.807, 2.05) is 6.92 Å². The Kier molecular flexibility index (Phi) is 4.65. The Morgan fingerprint density at radius 2 is 2.24 bits per heavy atom. The molecule has 5 nitrogen and oxygen atoms in total. The average Bonchev–Trinajstić information content (AvgIpc) is 2.29. The molecule has 1 rings (SSSR count). The average molecular weight is 257 g/mol. The fraction of sp³-hybridized carbons (Fsp3) is 0.364. The van der Waals surface area contributed by atoms with Crippen LogP contribution in [0.2, 0.25) is 0 Å². The van der Waals surface area contributed by atoms with Crippen LogP contribution in [-0.4, -0.2) is 27.1 Å². The SMILES string of the molecule is C=C(OCC)c1cc(CS(=O)(=O)OC)ccn1. The van der Waals surface area contributed by atoms with E-state index in [2.05, 4.69) is 15.7 Å². The van der Waals surface area contributed by atoms with Crippen molar-refractivity contribution < 1.29 is 17.3 Å². The third-order valence-corrected chi connectivity index (χ3v) is 3.22. The van der Waals surface area contributed by atoms with Gasteiger partial charge in [-0.05, 0) is 24.6 Å². The zero-order valence-electron chi connectivity index (χ0n) is 9.84. The number of hydrogen-bond donors (Lipinski definition) is 0. The molecule has 0 saturated heterocycles. The number of ether oxygens (including phenoxy) is 1. The number of pyridine rings is 1. The maximum absolute atomic E-state index is 11.3. The van der Waals surface area contributed by atoms with Gasteiger partial charge < -0.3 is 4.74 Å². The first-order valence-corrected chi connectivity index (χ1v) is 6.61. The highest BCUT2D eigenvalue weighted by molar-refractivity contribution is 7.85. The van der Waals surface area contributed by atoms with Gasteiger partial charge in [0.15, 0.2) is 0 Å². The molecule has 1 aromatic rings. The summed E-state index contributed by atoms with van der Waals surface area (Å²) in [5.41, 5.74) is 1.10. The van der Waals surface area contributed by atoms with Crippen molar-refractivity contribution in [2.45, 2.75) is 12.7 Å². The summed E-state index contributed by atoms with van der Waals surface area (Å²) in [5.74, 6) is 0.225. The predicted molar refractivity (Wildman–Crippen MR) is 64.5 cm³/mol. The number of rotatable bonds is 6. The van der Waals surface area contributed by atoms with Crippen LogP contribution in [-0.2, 0) is 24.8 Å². The molecular weight excluding hydrogens is 242 g/mol. The lowest BCUT2D eigenvalue weighted by molar-refractivity contribution is 0.297. The van der Waals surface area contributed by atoms with Gasteiger partial charge in [-0.25, -0.2) is 0 Å². The third-order valence-electron chi connectivity index (χ3n) is 2.03. The van der Waals surface area contributed by atoms with Crippen LogP contribution in [0, 0.1) is 0 Å². The van der Waals surface area contributed by atoms with Gasteiger partial charge in [-0.2, -0.15) is 8.42 Å². The van der Waals surface area contributed by atoms with Crippen molar-refractivity contribution in [2.24, 2.45) is 0 Å². The van der Waals surface area contributed by atoms with E-state index in [4.69, 9.17) is 4.74 Å². The monoisotopic (exact) mass is 257 g/mol. The molecule has 94 valence electrons. The fourth-order valence-corrected chi connectivity index (χ4v) is 1.93. The quantitative estimate of drug-likeness (QED) is 0.571. The molecule has 0 aromatic carbocycles. The summed E-state index contributed by atoms with van der Waals surface area (Å²) in [6.07, 6.45) is 1.51. The Morgan fingerprint density at radius 1 is 1.53 bits per heavy atom. The first kappa shape index (κ1) is 13.7. The summed E-state index contributed by atoms with van der Waals surface area (Å²) < 4.78 is 32.1. The minimum absolute atomic E-state index is 0.196. The molecule has 0 aliphatic carbocycles. The van der Waals surface area contributed by atoms with E-state index in [0.717, 1.165) is 7.11 Å². The van der Waals surface area contributed by atoms with Crippen molar-refractivity contribution >= 4 is 15.9 Å². The van der Waals surface area contributed by atoms with Crippen LogP contribution in [0.15, 0.2) is 24.9 Å². The number of hydrogen-bond acceptors (Lipinski definition) is 5. The molecule has 0 amide bonds. The third kappa shape index (κ3) is 4.16. The van der Waals surface area contributed by atoms with Crippen LogP contribution in [0.25, 0.3) is 5.76 Å². The van der Waals surface area contributed by atoms with Gasteiger partial charge in [-0.3, -0.25) is 9.17 Å². The molecular formula is C11H15NO4S. The minimum Gasteiger partial charge on any atom is -0.492 e. The maximum atomic E-state index is 11.3. The molecule has 0 unspecified atom stereocenters. The van der Waals surface area contributed by atoms with Crippen LogP contribution >= 0.6 is 0 Å². The summed E-state index contributed by atoms with van der Waals surface area (Å²) in [6, 6.07) is 3.23. The molecule has 1 heterocycles. The second-order valence-corrected chi connectivity index (χ2v) is 5.01. The first-order chi connectivity index (χ1) is 7.98. The lowest BCUT2D eigenvalue weighted by Crippen LogP contribution is -2.06. The second-order valence-electron chi connectivity index (χ2n) is 3.27. The van der Waals surface area contributed by atoms with E-state index in [1.165, 1.54) is 6.20 Å². The van der Waals surface area contributed by atoms with Crippen molar-refractivity contribution in [1.29, 1.82) is 0 Å². The molecule has 0 atom stereocenters. The Balaban J connectivity index is 2.90. The van der Waals surface area contributed by atoms with Crippen LogP contribution in [0.3, 0.4) is 0 Å². The Morgan fingerprint density at radius 3 is 2.82 bits per heavy atom. The predicted octanol–water partition coefficient (Wildman–Crippen LogP) is 1.57. The molecule has 0 bridgehead atoms. The van der Waals surface area contributed by atoms with E-state index in [0.29, 0.717) is 23.6 Å². The number of nitrogens with zero attached hydrogens (tertiary/aromatic N) is 1. The molecule has 17 heavy (non-hydrogen) atoms. The van der Waals surface area contributed by atoms with Crippen LogP contribution < -0.4 is 0 Å². The van der Waals surface area contributed by atoms with Crippen LogP contribution in [0.5, 0.6) is 0 Å². The van der Waals surface area contributed by atoms with Gasteiger partial charge in [-0.1, -0.05) is 6.58 Å². The van der Waals surface area contributed by atoms with Crippen molar-refractivity contribution in [3.8, 4) is 0 Å². The first-order valence-electron chi connectivity index (χ1n) is 5.04. The lowest BCUT2D eigenvalue weighted by Gasteiger charge is -2.07. The normalized spacial score (nSPS) is 11.2. The molecule has 0 radical (unpaired) electrons. The number of aromatic nitrogens is 1. The van der Waals surface area contributed by atoms with Crippen molar-refractivity contribution in [3.05, 3.63) is 36.2 Å². The molecule has 0 fully saturated rings. The Bertz CT molecular complexity index is 496. The summed E-state index contributed by atoms with van der Waals surface area (Å²) in [4.78, 5) is 4.05. The smallest absolute Gasteiger partial charge is 0.271 e. The highest BCUT2D eigenvalue weighted by atomic mass is 32.2. The topological polar surface area (TPSA) is 65.5 Å². The van der Waals surface area contributed by atoms with Gasteiger partial charge in [0.25, 0.3) is 10.1 Å². The Labute approximate surface area is 101 Å². The zero-order chi connectivity index (χ0) is 12.9.